The number of hydrogen-bond acceptors (Lipinski definition) is 5. The van der Waals surface area contributed by atoms with E-state index in [1.807, 2.05) is 6.07 Å². The zero-order valence-electron chi connectivity index (χ0n) is 16.9. The van der Waals surface area contributed by atoms with Crippen molar-refractivity contribution < 1.29 is 23.0 Å². The number of carbonyl (C=O) groups is 1. The second kappa shape index (κ2) is 12.4. The molecule has 0 aliphatic rings. The maximum absolute atomic E-state index is 14.5. The van der Waals surface area contributed by atoms with E-state index in [1.165, 1.54) is 12.1 Å². The van der Waals surface area contributed by atoms with Crippen LogP contribution in [0.3, 0.4) is 0 Å². The van der Waals surface area contributed by atoms with Crippen LogP contribution >= 0.6 is 11.8 Å². The summed E-state index contributed by atoms with van der Waals surface area (Å²) < 4.78 is 39.2. The Morgan fingerprint density at radius 3 is 2.59 bits per heavy atom. The average molecular weight is 424 g/mol. The van der Waals surface area contributed by atoms with E-state index >= 15 is 0 Å². The van der Waals surface area contributed by atoms with Gasteiger partial charge in [-0.25, -0.2) is 13.8 Å². The second-order valence-electron chi connectivity index (χ2n) is 6.44. The number of unbranched alkanes of at least 4 members (excludes halogenated alkanes) is 2. The molecule has 29 heavy (non-hydrogen) atoms. The standard InChI is InChI=1S/C22H27F2NO3S/c1-3-13-29-22-17(9-8-11-25-22)16-14-18(23)21(19(24)15-16)28-12-7-5-6-10-20(26)27-4-2/h8-9,11,14-15H,3-7,10,12-13H2,1-2H3. The summed E-state index contributed by atoms with van der Waals surface area (Å²) in [6.45, 7) is 4.38. The molecule has 0 unspecified atom stereocenters. The van der Waals surface area contributed by atoms with E-state index < -0.39 is 11.6 Å². The zero-order valence-corrected chi connectivity index (χ0v) is 17.7. The molecule has 7 heteroatoms. The molecular weight excluding hydrogens is 396 g/mol. The van der Waals surface area contributed by atoms with Crippen molar-refractivity contribution in [3.8, 4) is 16.9 Å². The molecule has 1 aromatic heterocycles. The molecule has 0 saturated heterocycles. The monoisotopic (exact) mass is 423 g/mol. The van der Waals surface area contributed by atoms with Crippen molar-refractivity contribution in [2.45, 2.75) is 51.0 Å². The number of rotatable bonds is 12. The highest BCUT2D eigenvalue weighted by Crippen LogP contribution is 2.34. The summed E-state index contributed by atoms with van der Waals surface area (Å²) in [6.07, 6.45) is 4.97. The van der Waals surface area contributed by atoms with Gasteiger partial charge in [0.05, 0.1) is 13.2 Å². The minimum Gasteiger partial charge on any atom is -0.488 e. The van der Waals surface area contributed by atoms with Crippen molar-refractivity contribution in [1.82, 2.24) is 4.98 Å². The van der Waals surface area contributed by atoms with Crippen molar-refractivity contribution in [3.63, 3.8) is 0 Å². The van der Waals surface area contributed by atoms with E-state index in [-0.39, 0.29) is 18.3 Å². The van der Waals surface area contributed by atoms with Crippen LogP contribution in [-0.4, -0.2) is 29.9 Å². The van der Waals surface area contributed by atoms with Gasteiger partial charge in [-0.15, -0.1) is 11.8 Å². The fraction of sp³-hybridized carbons (Fsp3) is 0.455. The van der Waals surface area contributed by atoms with Gasteiger partial charge in [-0.2, -0.15) is 0 Å². The van der Waals surface area contributed by atoms with Gasteiger partial charge < -0.3 is 9.47 Å². The first-order valence-corrected chi connectivity index (χ1v) is 10.9. The third-order valence-corrected chi connectivity index (χ3v) is 5.31. The molecule has 0 aliphatic heterocycles. The lowest BCUT2D eigenvalue weighted by molar-refractivity contribution is -0.143. The number of esters is 1. The van der Waals surface area contributed by atoms with E-state index in [0.29, 0.717) is 43.4 Å². The molecule has 0 spiro atoms. The van der Waals surface area contributed by atoms with Crippen LogP contribution in [0.5, 0.6) is 5.75 Å². The number of aromatic nitrogens is 1. The van der Waals surface area contributed by atoms with Crippen LogP contribution in [0.15, 0.2) is 35.5 Å². The van der Waals surface area contributed by atoms with E-state index in [1.54, 1.807) is 30.9 Å². The van der Waals surface area contributed by atoms with Crippen molar-refractivity contribution >= 4 is 17.7 Å². The van der Waals surface area contributed by atoms with Crippen LogP contribution in [0.1, 0.15) is 46.0 Å². The topological polar surface area (TPSA) is 48.4 Å². The second-order valence-corrected chi connectivity index (χ2v) is 7.52. The Morgan fingerprint density at radius 2 is 1.90 bits per heavy atom. The Kier molecular flexibility index (Phi) is 9.91. The van der Waals surface area contributed by atoms with Crippen molar-refractivity contribution in [1.29, 1.82) is 0 Å². The Morgan fingerprint density at radius 1 is 1.14 bits per heavy atom. The van der Waals surface area contributed by atoms with Crippen LogP contribution in [0.2, 0.25) is 0 Å². The first kappa shape index (κ1) is 23.1. The highest BCUT2D eigenvalue weighted by Gasteiger charge is 2.16. The highest BCUT2D eigenvalue weighted by atomic mass is 32.2. The van der Waals surface area contributed by atoms with Gasteiger partial charge in [-0.05, 0) is 62.1 Å². The summed E-state index contributed by atoms with van der Waals surface area (Å²) in [6, 6.07) is 6.13. The van der Waals surface area contributed by atoms with Gasteiger partial charge in [0.2, 0.25) is 0 Å². The van der Waals surface area contributed by atoms with Crippen LogP contribution in [-0.2, 0) is 9.53 Å². The van der Waals surface area contributed by atoms with Gasteiger partial charge in [0.15, 0.2) is 17.4 Å². The number of carbonyl (C=O) groups excluding carboxylic acids is 1. The SMILES string of the molecule is CCCSc1ncccc1-c1cc(F)c(OCCCCCC(=O)OCC)c(F)c1. The van der Waals surface area contributed by atoms with Gasteiger partial charge in [0.1, 0.15) is 5.03 Å². The molecule has 0 radical (unpaired) electrons. The largest absolute Gasteiger partial charge is 0.488 e. The lowest BCUT2D eigenvalue weighted by atomic mass is 10.1. The van der Waals surface area contributed by atoms with Crippen LogP contribution in [0.25, 0.3) is 11.1 Å². The van der Waals surface area contributed by atoms with Crippen LogP contribution in [0, 0.1) is 11.6 Å². The van der Waals surface area contributed by atoms with E-state index in [9.17, 15) is 13.6 Å². The lowest BCUT2D eigenvalue weighted by Gasteiger charge is -2.12. The number of nitrogens with zero attached hydrogens (tertiary/aromatic N) is 1. The molecule has 2 rings (SSSR count). The third kappa shape index (κ3) is 7.31. The van der Waals surface area contributed by atoms with Gasteiger partial charge in [0, 0.05) is 18.2 Å². The molecule has 0 amide bonds. The molecule has 0 bridgehead atoms. The molecule has 2 aromatic rings. The highest BCUT2D eigenvalue weighted by molar-refractivity contribution is 7.99. The summed E-state index contributed by atoms with van der Waals surface area (Å²) in [7, 11) is 0. The Balaban J connectivity index is 1.95. The smallest absolute Gasteiger partial charge is 0.305 e. The minimum atomic E-state index is -0.734. The summed E-state index contributed by atoms with van der Waals surface area (Å²) in [4.78, 5) is 15.6. The average Bonchev–Trinajstić information content (AvgIpc) is 2.71. The predicted molar refractivity (Wildman–Crippen MR) is 111 cm³/mol. The fourth-order valence-electron chi connectivity index (χ4n) is 2.73. The molecule has 0 aliphatic carbocycles. The molecule has 0 saturated carbocycles. The van der Waals surface area contributed by atoms with Gasteiger partial charge in [-0.3, -0.25) is 4.79 Å². The maximum Gasteiger partial charge on any atom is 0.305 e. The summed E-state index contributed by atoms with van der Waals surface area (Å²) in [5.41, 5.74) is 1.14. The molecule has 1 aromatic carbocycles. The molecule has 0 fully saturated rings. The fourth-order valence-corrected chi connectivity index (χ4v) is 3.61. The van der Waals surface area contributed by atoms with Gasteiger partial charge in [0.25, 0.3) is 0 Å². The Bertz CT molecular complexity index is 778. The first-order valence-electron chi connectivity index (χ1n) is 9.92. The summed E-state index contributed by atoms with van der Waals surface area (Å²) in [5.74, 6) is -1.19. The normalized spacial score (nSPS) is 10.8. The third-order valence-electron chi connectivity index (χ3n) is 4.10. The summed E-state index contributed by atoms with van der Waals surface area (Å²) >= 11 is 1.56. The molecular formula is C22H27F2NO3S. The maximum atomic E-state index is 14.5. The molecule has 0 N–H and O–H groups in total. The van der Waals surface area contributed by atoms with Gasteiger partial charge in [-0.1, -0.05) is 13.0 Å². The first-order chi connectivity index (χ1) is 14.1. The number of halogens is 2. The number of ether oxygens (including phenoxy) is 2. The van der Waals surface area contributed by atoms with E-state index in [0.717, 1.165) is 17.2 Å². The Labute approximate surface area is 175 Å². The Hall–Kier alpha value is -2.15. The van der Waals surface area contributed by atoms with Crippen LogP contribution in [0.4, 0.5) is 8.78 Å². The molecule has 4 nitrogen and oxygen atoms in total. The number of pyridine rings is 1. The van der Waals surface area contributed by atoms with Crippen molar-refractivity contribution in [2.24, 2.45) is 0 Å². The van der Waals surface area contributed by atoms with E-state index in [4.69, 9.17) is 9.47 Å². The zero-order chi connectivity index (χ0) is 21.1. The van der Waals surface area contributed by atoms with E-state index in [2.05, 4.69) is 11.9 Å². The number of hydrogen-bond donors (Lipinski definition) is 0. The van der Waals surface area contributed by atoms with Crippen molar-refractivity contribution in [3.05, 3.63) is 42.1 Å². The minimum absolute atomic E-state index is 0.181. The number of benzene rings is 1. The molecule has 158 valence electrons. The quantitative estimate of drug-likeness (QED) is 0.237. The van der Waals surface area contributed by atoms with Crippen molar-refractivity contribution in [2.75, 3.05) is 19.0 Å². The van der Waals surface area contributed by atoms with Gasteiger partial charge >= 0.3 is 5.97 Å². The summed E-state index contributed by atoms with van der Waals surface area (Å²) in [5, 5.41) is 0.753. The van der Waals surface area contributed by atoms with Crippen LogP contribution < -0.4 is 4.74 Å². The predicted octanol–water partition coefficient (Wildman–Crippen LogP) is 6.03. The molecule has 0 atom stereocenters. The molecule has 1 heterocycles. The lowest BCUT2D eigenvalue weighted by Crippen LogP contribution is -2.05. The number of thioether (sulfide) groups is 1.